The van der Waals surface area contributed by atoms with Crippen molar-refractivity contribution >= 4 is 23.2 Å². The normalized spacial score (nSPS) is 22.0. The number of hydrogen-bond donors (Lipinski definition) is 0. The fraction of sp³-hybridized carbons (Fsp3) is 1.00. The molecule has 0 radical (unpaired) electrons. The molecule has 15 heavy (non-hydrogen) atoms. The van der Waals surface area contributed by atoms with E-state index in [2.05, 4.69) is 27.9 Å². The van der Waals surface area contributed by atoms with Crippen molar-refractivity contribution in [1.29, 1.82) is 0 Å². The summed E-state index contributed by atoms with van der Waals surface area (Å²) in [5, 5.41) is -7.84. The molecule has 0 aliphatic carbocycles. The molecule has 2 atom stereocenters. The van der Waals surface area contributed by atoms with Gasteiger partial charge in [-0.05, 0) is 13.8 Å². The largest absolute Gasteiger partial charge is 0.408 e. The van der Waals surface area contributed by atoms with E-state index in [0.717, 1.165) is 0 Å². The molecule has 0 bridgehead atoms. The Kier molecular flexibility index (Phi) is 3.88. The van der Waals surface area contributed by atoms with Crippen LogP contribution in [0.3, 0.4) is 0 Å². The van der Waals surface area contributed by atoms with Crippen molar-refractivity contribution in [2.75, 3.05) is 0 Å². The summed E-state index contributed by atoms with van der Waals surface area (Å²) in [6.45, 7) is 0.156. The lowest BCUT2D eigenvalue weighted by Crippen LogP contribution is -2.50. The van der Waals surface area contributed by atoms with Gasteiger partial charge >= 0.3 is 12.2 Å². The van der Waals surface area contributed by atoms with E-state index < -0.39 is 22.5 Å². The van der Waals surface area contributed by atoms with Crippen LogP contribution in [0.4, 0.5) is 26.3 Å². The van der Waals surface area contributed by atoms with Crippen LogP contribution in [0.1, 0.15) is 13.8 Å². The van der Waals surface area contributed by atoms with E-state index in [-0.39, 0.29) is 13.8 Å². The molecule has 0 heterocycles. The van der Waals surface area contributed by atoms with E-state index in [1.165, 1.54) is 0 Å². The fourth-order valence-corrected chi connectivity index (χ4v) is 0.417. The maximum atomic E-state index is 12.5. The van der Waals surface area contributed by atoms with Gasteiger partial charge in [-0.1, -0.05) is 23.2 Å². The average Bonchev–Trinajstić information content (AvgIpc) is 1.77. The molecule has 0 fully saturated rings. The Labute approximate surface area is 91.3 Å². The topological polar surface area (TPSA) is 9.23 Å². The average molecular weight is 279 g/mol. The molecule has 92 valence electrons. The van der Waals surface area contributed by atoms with E-state index in [0.29, 0.717) is 0 Å². The Bertz CT molecular complexity index is 207. The number of alkyl halides is 8. The summed E-state index contributed by atoms with van der Waals surface area (Å²) in [4.78, 5) is 0. The van der Waals surface area contributed by atoms with Crippen molar-refractivity contribution in [2.24, 2.45) is 0 Å². The maximum Gasteiger partial charge on any atom is 0.408 e. The lowest BCUT2D eigenvalue weighted by Gasteiger charge is -2.31. The first-order chi connectivity index (χ1) is 6.21. The first-order valence-electron chi connectivity index (χ1n) is 3.42. The second kappa shape index (κ2) is 3.85. The number of hydrogen-bond acceptors (Lipinski definition) is 1. The molecular weight excluding hydrogens is 273 g/mol. The minimum atomic E-state index is -5.10. The van der Waals surface area contributed by atoms with Crippen molar-refractivity contribution < 1.29 is 31.1 Å². The van der Waals surface area contributed by atoms with E-state index in [1.54, 1.807) is 0 Å². The molecule has 0 saturated heterocycles. The standard InChI is InChI=1S/C6H6Cl2F6O/c1-3(7,9)5(11,12)15-6(13,14)4(2,8)10/h1-2H3. The highest BCUT2D eigenvalue weighted by atomic mass is 35.5. The summed E-state index contributed by atoms with van der Waals surface area (Å²) < 4.78 is 77.7. The van der Waals surface area contributed by atoms with Crippen molar-refractivity contribution in [3.8, 4) is 0 Å². The SMILES string of the molecule is CC(F)(Cl)C(F)(F)OC(F)(F)C(C)(F)Cl. The third-order valence-corrected chi connectivity index (χ3v) is 1.72. The molecule has 0 amide bonds. The van der Waals surface area contributed by atoms with Crippen LogP contribution in [0.15, 0.2) is 0 Å². The zero-order chi connectivity index (χ0) is 12.7. The summed E-state index contributed by atoms with van der Waals surface area (Å²) in [6, 6.07) is 0. The second-order valence-corrected chi connectivity index (χ2v) is 4.33. The van der Waals surface area contributed by atoms with Gasteiger partial charge < -0.3 is 0 Å². The molecule has 0 aliphatic rings. The molecule has 9 heteroatoms. The monoisotopic (exact) mass is 278 g/mol. The van der Waals surface area contributed by atoms with Gasteiger partial charge in [0.25, 0.3) is 10.3 Å². The molecule has 0 spiro atoms. The van der Waals surface area contributed by atoms with Crippen molar-refractivity contribution in [3.05, 3.63) is 0 Å². The van der Waals surface area contributed by atoms with Crippen LogP contribution in [-0.4, -0.2) is 22.5 Å². The Balaban J connectivity index is 4.89. The molecule has 1 nitrogen and oxygen atoms in total. The van der Waals surface area contributed by atoms with E-state index in [4.69, 9.17) is 0 Å². The highest BCUT2D eigenvalue weighted by molar-refractivity contribution is 6.23. The van der Waals surface area contributed by atoms with Crippen LogP contribution in [0.2, 0.25) is 0 Å². The van der Waals surface area contributed by atoms with E-state index in [9.17, 15) is 26.3 Å². The molecule has 0 saturated carbocycles. The van der Waals surface area contributed by atoms with Crippen LogP contribution >= 0.6 is 23.2 Å². The molecule has 2 unspecified atom stereocenters. The zero-order valence-electron chi connectivity index (χ0n) is 7.43. The quantitative estimate of drug-likeness (QED) is 0.557. The second-order valence-electron chi connectivity index (χ2n) is 2.91. The van der Waals surface area contributed by atoms with Crippen molar-refractivity contribution in [1.82, 2.24) is 0 Å². The lowest BCUT2D eigenvalue weighted by atomic mass is 10.3. The minimum Gasteiger partial charge on any atom is -0.248 e. The Morgan fingerprint density at radius 1 is 0.733 bits per heavy atom. The van der Waals surface area contributed by atoms with Gasteiger partial charge in [0.1, 0.15) is 0 Å². The smallest absolute Gasteiger partial charge is 0.248 e. The summed E-state index contributed by atoms with van der Waals surface area (Å²) >= 11 is 8.88. The van der Waals surface area contributed by atoms with Gasteiger partial charge in [-0.25, -0.2) is 13.5 Å². The van der Waals surface area contributed by atoms with Crippen LogP contribution in [0.5, 0.6) is 0 Å². The Morgan fingerprint density at radius 2 is 0.933 bits per heavy atom. The number of ether oxygens (including phenoxy) is 1. The minimum absolute atomic E-state index is 0.0778. The van der Waals surface area contributed by atoms with E-state index >= 15 is 0 Å². The van der Waals surface area contributed by atoms with Crippen LogP contribution in [0, 0.1) is 0 Å². The van der Waals surface area contributed by atoms with Crippen LogP contribution in [-0.2, 0) is 4.74 Å². The zero-order valence-corrected chi connectivity index (χ0v) is 8.94. The highest BCUT2D eigenvalue weighted by Gasteiger charge is 2.63. The molecule has 0 N–H and O–H groups in total. The third kappa shape index (κ3) is 3.57. The van der Waals surface area contributed by atoms with Gasteiger partial charge in [-0.2, -0.15) is 17.6 Å². The fourth-order valence-electron chi connectivity index (χ4n) is 0.340. The molecule has 0 aliphatic heterocycles. The first-order valence-corrected chi connectivity index (χ1v) is 4.18. The Morgan fingerprint density at radius 3 is 1.07 bits per heavy atom. The lowest BCUT2D eigenvalue weighted by molar-refractivity contribution is -0.414. The summed E-state index contributed by atoms with van der Waals surface area (Å²) in [5.74, 6) is 0. The number of halogens is 8. The molecule has 0 rings (SSSR count). The predicted molar refractivity (Wildman–Crippen MR) is 41.7 cm³/mol. The Hall–Kier alpha value is 0.120. The number of rotatable bonds is 4. The van der Waals surface area contributed by atoms with Gasteiger partial charge in [0.15, 0.2) is 0 Å². The van der Waals surface area contributed by atoms with Gasteiger partial charge in [0.2, 0.25) is 0 Å². The van der Waals surface area contributed by atoms with E-state index in [1.807, 2.05) is 0 Å². The predicted octanol–water partition coefficient (Wildman–Crippen LogP) is 4.04. The molecule has 0 aromatic rings. The van der Waals surface area contributed by atoms with Crippen LogP contribution < -0.4 is 0 Å². The molecular formula is C6H6Cl2F6O. The molecule has 0 aromatic carbocycles. The molecule has 0 aromatic heterocycles. The van der Waals surface area contributed by atoms with Crippen LogP contribution in [0.25, 0.3) is 0 Å². The van der Waals surface area contributed by atoms with Gasteiger partial charge in [0.05, 0.1) is 0 Å². The first kappa shape index (κ1) is 15.1. The maximum absolute atomic E-state index is 12.5. The summed E-state index contributed by atoms with van der Waals surface area (Å²) in [7, 11) is 0. The van der Waals surface area contributed by atoms with Gasteiger partial charge in [-0.3, -0.25) is 0 Å². The third-order valence-electron chi connectivity index (χ3n) is 1.28. The highest BCUT2D eigenvalue weighted by Crippen LogP contribution is 2.46. The summed E-state index contributed by atoms with van der Waals surface area (Å²) in [6.07, 6.45) is -10.2. The van der Waals surface area contributed by atoms with Gasteiger partial charge in [0, 0.05) is 0 Å². The van der Waals surface area contributed by atoms with Gasteiger partial charge in [-0.15, -0.1) is 0 Å². The van der Waals surface area contributed by atoms with Crippen molar-refractivity contribution in [2.45, 2.75) is 36.3 Å². The van der Waals surface area contributed by atoms with Crippen molar-refractivity contribution in [3.63, 3.8) is 0 Å². The summed E-state index contributed by atoms with van der Waals surface area (Å²) in [5.41, 5.74) is 0.